The van der Waals surface area contributed by atoms with Gasteiger partial charge in [0.05, 0.1) is 26.5 Å². The predicted octanol–water partition coefficient (Wildman–Crippen LogP) is 3.87. The molecule has 0 saturated heterocycles. The summed E-state index contributed by atoms with van der Waals surface area (Å²) in [6.07, 6.45) is 0.698. The summed E-state index contributed by atoms with van der Waals surface area (Å²) in [5, 5.41) is 8.58. The molecule has 1 aromatic heterocycles. The molecule has 0 atom stereocenters. The molecule has 2 N–H and O–H groups in total. The average Bonchev–Trinajstić information content (AvgIpc) is 3.22. The summed E-state index contributed by atoms with van der Waals surface area (Å²) in [7, 11) is 3.21. The fourth-order valence-corrected chi connectivity index (χ4v) is 3.45. The van der Waals surface area contributed by atoms with Gasteiger partial charge in [0.15, 0.2) is 11.5 Å². The number of nitrogens with zero attached hydrogens (tertiary/aromatic N) is 1. The third kappa shape index (κ3) is 5.23. The third-order valence-corrected chi connectivity index (χ3v) is 5.02. The van der Waals surface area contributed by atoms with Crippen LogP contribution in [0.15, 0.2) is 53.9 Å². The summed E-state index contributed by atoms with van der Waals surface area (Å²) in [6.45, 7) is 0.925. The number of nitrogens with one attached hydrogen (secondary N) is 2. The average molecular weight is 398 g/mol. The molecule has 0 unspecified atom stereocenters. The molecule has 0 fully saturated rings. The highest BCUT2D eigenvalue weighted by atomic mass is 32.1. The van der Waals surface area contributed by atoms with Gasteiger partial charge >= 0.3 is 6.03 Å². The van der Waals surface area contributed by atoms with E-state index in [2.05, 4.69) is 15.6 Å². The van der Waals surface area contributed by atoms with Crippen molar-refractivity contribution in [2.75, 3.05) is 20.8 Å². The second-order valence-corrected chi connectivity index (χ2v) is 6.98. The number of ether oxygens (including phenoxy) is 2. The zero-order valence-corrected chi connectivity index (χ0v) is 16.7. The first-order valence-corrected chi connectivity index (χ1v) is 9.80. The molecule has 0 bridgehead atoms. The summed E-state index contributed by atoms with van der Waals surface area (Å²) < 4.78 is 10.5. The molecule has 0 aliphatic carbocycles. The zero-order chi connectivity index (χ0) is 19.8. The number of carbonyl (C=O) groups excluding carboxylic acids is 1. The van der Waals surface area contributed by atoms with Crippen molar-refractivity contribution >= 4 is 17.4 Å². The summed E-state index contributed by atoms with van der Waals surface area (Å²) in [5.41, 5.74) is 3.06. The van der Waals surface area contributed by atoms with Crippen LogP contribution < -0.4 is 20.1 Å². The maximum absolute atomic E-state index is 12.0. The monoisotopic (exact) mass is 397 g/mol. The van der Waals surface area contributed by atoms with Crippen molar-refractivity contribution in [2.24, 2.45) is 0 Å². The maximum Gasteiger partial charge on any atom is 0.315 e. The summed E-state index contributed by atoms with van der Waals surface area (Å²) in [5.74, 6) is 1.37. The van der Waals surface area contributed by atoms with Gasteiger partial charge in [0.2, 0.25) is 0 Å². The molecule has 28 heavy (non-hydrogen) atoms. The second-order valence-electron chi connectivity index (χ2n) is 6.04. The Morgan fingerprint density at radius 2 is 1.82 bits per heavy atom. The van der Waals surface area contributed by atoms with Crippen molar-refractivity contribution in [1.29, 1.82) is 0 Å². The highest BCUT2D eigenvalue weighted by Gasteiger charge is 2.07. The molecule has 7 heteroatoms. The van der Waals surface area contributed by atoms with Crippen molar-refractivity contribution in [3.8, 4) is 22.8 Å². The largest absolute Gasteiger partial charge is 0.493 e. The van der Waals surface area contributed by atoms with E-state index < -0.39 is 0 Å². The van der Waals surface area contributed by atoms with E-state index in [-0.39, 0.29) is 6.03 Å². The SMILES string of the molecule is COc1ccc(CCNC(=O)NCc2nc(-c3ccccc3)cs2)cc1OC. The lowest BCUT2D eigenvalue weighted by Gasteiger charge is -2.10. The van der Waals surface area contributed by atoms with Crippen molar-refractivity contribution in [3.63, 3.8) is 0 Å². The van der Waals surface area contributed by atoms with Gasteiger partial charge in [0.1, 0.15) is 5.01 Å². The first kappa shape index (κ1) is 19.7. The van der Waals surface area contributed by atoms with Gasteiger partial charge in [-0.3, -0.25) is 0 Å². The van der Waals surface area contributed by atoms with Crippen LogP contribution in [0.3, 0.4) is 0 Å². The van der Waals surface area contributed by atoms with E-state index in [4.69, 9.17) is 9.47 Å². The molecular weight excluding hydrogens is 374 g/mol. The van der Waals surface area contributed by atoms with Crippen molar-refractivity contribution < 1.29 is 14.3 Å². The van der Waals surface area contributed by atoms with Crippen molar-refractivity contribution in [1.82, 2.24) is 15.6 Å². The Bertz CT molecular complexity index is 912. The van der Waals surface area contributed by atoms with E-state index in [1.165, 1.54) is 11.3 Å². The van der Waals surface area contributed by atoms with Gasteiger partial charge in [0, 0.05) is 17.5 Å². The van der Waals surface area contributed by atoms with Gasteiger partial charge in [-0.05, 0) is 24.1 Å². The Hall–Kier alpha value is -3.06. The number of hydrogen-bond donors (Lipinski definition) is 2. The van der Waals surface area contributed by atoms with Gasteiger partial charge in [-0.2, -0.15) is 0 Å². The summed E-state index contributed by atoms with van der Waals surface area (Å²) >= 11 is 1.54. The number of benzene rings is 2. The topological polar surface area (TPSA) is 72.5 Å². The molecule has 0 spiro atoms. The number of carbonyl (C=O) groups is 1. The lowest BCUT2D eigenvalue weighted by Crippen LogP contribution is -2.36. The van der Waals surface area contributed by atoms with Crippen LogP contribution in [0.1, 0.15) is 10.6 Å². The van der Waals surface area contributed by atoms with Gasteiger partial charge in [-0.25, -0.2) is 9.78 Å². The summed E-state index contributed by atoms with van der Waals surface area (Å²) in [4.78, 5) is 16.6. The highest BCUT2D eigenvalue weighted by molar-refractivity contribution is 7.09. The number of aromatic nitrogens is 1. The number of rotatable bonds is 8. The molecule has 3 rings (SSSR count). The fourth-order valence-electron chi connectivity index (χ4n) is 2.71. The van der Waals surface area contributed by atoms with Crippen molar-refractivity contribution in [2.45, 2.75) is 13.0 Å². The second kappa shape index (κ2) is 9.75. The van der Waals surface area contributed by atoms with Gasteiger partial charge < -0.3 is 20.1 Å². The Morgan fingerprint density at radius 3 is 2.57 bits per heavy atom. The normalized spacial score (nSPS) is 10.4. The number of thiazole rings is 1. The molecule has 3 aromatic rings. The van der Waals surface area contributed by atoms with Crippen LogP contribution >= 0.6 is 11.3 Å². The van der Waals surface area contributed by atoms with Gasteiger partial charge in [-0.15, -0.1) is 11.3 Å². The molecule has 0 radical (unpaired) electrons. The van der Waals surface area contributed by atoms with Gasteiger partial charge in [-0.1, -0.05) is 36.4 Å². The van der Waals surface area contributed by atoms with Crippen LogP contribution in [0.5, 0.6) is 11.5 Å². The lowest BCUT2D eigenvalue weighted by molar-refractivity contribution is 0.240. The molecule has 0 aliphatic heterocycles. The summed E-state index contributed by atoms with van der Waals surface area (Å²) in [6, 6.07) is 15.5. The smallest absolute Gasteiger partial charge is 0.315 e. The van der Waals surface area contributed by atoms with Crippen LogP contribution in [-0.4, -0.2) is 31.8 Å². The van der Waals surface area contributed by atoms with Crippen molar-refractivity contribution in [3.05, 3.63) is 64.5 Å². The van der Waals surface area contributed by atoms with E-state index in [0.717, 1.165) is 21.8 Å². The Labute approximate surface area is 168 Å². The van der Waals surface area contributed by atoms with Crippen LogP contribution in [0.4, 0.5) is 4.79 Å². The third-order valence-electron chi connectivity index (χ3n) is 4.17. The Morgan fingerprint density at radius 1 is 1.04 bits per heavy atom. The molecule has 146 valence electrons. The number of amides is 2. The molecule has 0 saturated carbocycles. The molecule has 0 aliphatic rings. The predicted molar refractivity (Wildman–Crippen MR) is 111 cm³/mol. The highest BCUT2D eigenvalue weighted by Crippen LogP contribution is 2.27. The number of hydrogen-bond acceptors (Lipinski definition) is 5. The molecule has 2 amide bonds. The Kier molecular flexibility index (Phi) is 6.86. The first-order chi connectivity index (χ1) is 13.7. The Balaban J connectivity index is 1.43. The minimum absolute atomic E-state index is 0.211. The van der Waals surface area contributed by atoms with Gasteiger partial charge in [0.25, 0.3) is 0 Å². The fraction of sp³-hybridized carbons (Fsp3) is 0.238. The number of methoxy groups -OCH3 is 2. The molecule has 6 nitrogen and oxygen atoms in total. The van der Waals surface area contributed by atoms with E-state index in [1.54, 1.807) is 14.2 Å². The van der Waals surface area contributed by atoms with E-state index in [0.29, 0.717) is 31.0 Å². The lowest BCUT2D eigenvalue weighted by atomic mass is 10.1. The van der Waals surface area contributed by atoms with E-state index in [9.17, 15) is 4.79 Å². The first-order valence-electron chi connectivity index (χ1n) is 8.92. The standard InChI is InChI=1S/C21H23N3O3S/c1-26-18-9-8-15(12-19(18)27-2)10-11-22-21(25)23-13-20-24-17(14-28-20)16-6-4-3-5-7-16/h3-9,12,14H,10-11,13H2,1-2H3,(H2,22,23,25). The van der Waals surface area contributed by atoms with E-state index in [1.807, 2.05) is 53.9 Å². The van der Waals surface area contributed by atoms with Crippen LogP contribution in [0.2, 0.25) is 0 Å². The van der Waals surface area contributed by atoms with Crippen LogP contribution in [-0.2, 0) is 13.0 Å². The molecular formula is C21H23N3O3S. The quantitative estimate of drug-likeness (QED) is 0.605. The maximum atomic E-state index is 12.0. The zero-order valence-electron chi connectivity index (χ0n) is 15.9. The minimum Gasteiger partial charge on any atom is -0.493 e. The van der Waals surface area contributed by atoms with Crippen LogP contribution in [0, 0.1) is 0 Å². The molecule has 2 aromatic carbocycles. The van der Waals surface area contributed by atoms with E-state index >= 15 is 0 Å². The molecule has 1 heterocycles. The van der Waals surface area contributed by atoms with Crippen LogP contribution in [0.25, 0.3) is 11.3 Å². The number of urea groups is 1. The minimum atomic E-state index is -0.211.